The minimum atomic E-state index is -0.439. The van der Waals surface area contributed by atoms with E-state index in [4.69, 9.17) is 0 Å². The van der Waals surface area contributed by atoms with Crippen molar-refractivity contribution in [1.29, 1.82) is 0 Å². The molecule has 3 aromatic rings. The number of carbonyl (C=O) groups excluding carboxylic acids is 2. The summed E-state index contributed by atoms with van der Waals surface area (Å²) in [4.78, 5) is 27.2. The van der Waals surface area contributed by atoms with Crippen LogP contribution in [0, 0.1) is 12.7 Å². The van der Waals surface area contributed by atoms with Crippen LogP contribution < -0.4 is 15.8 Å². The van der Waals surface area contributed by atoms with Crippen LogP contribution in [0.15, 0.2) is 42.5 Å². The third-order valence-electron chi connectivity index (χ3n) is 4.97. The monoisotopic (exact) mass is 397 g/mol. The Labute approximate surface area is 166 Å². The van der Waals surface area contributed by atoms with Crippen LogP contribution in [0.3, 0.4) is 0 Å². The normalized spacial score (nSPS) is 13.3. The highest BCUT2D eigenvalue weighted by molar-refractivity contribution is 7.21. The number of rotatable bonds is 3. The molecule has 1 aromatic heterocycles. The zero-order valence-corrected chi connectivity index (χ0v) is 16.2. The lowest BCUT2D eigenvalue weighted by molar-refractivity contribution is -0.120. The van der Waals surface area contributed by atoms with E-state index in [1.807, 2.05) is 23.1 Å². The molecule has 2 N–H and O–H groups in total. The molecule has 0 unspecified atom stereocenters. The van der Waals surface area contributed by atoms with Crippen molar-refractivity contribution in [3.63, 3.8) is 0 Å². The summed E-state index contributed by atoms with van der Waals surface area (Å²) in [5, 5.41) is 0.453. The summed E-state index contributed by atoms with van der Waals surface area (Å²) in [6, 6.07) is 12.8. The second-order valence-corrected chi connectivity index (χ2v) is 7.88. The number of thiophene rings is 1. The second-order valence-electron chi connectivity index (χ2n) is 6.83. The predicted molar refractivity (Wildman–Crippen MR) is 109 cm³/mol. The van der Waals surface area contributed by atoms with Crippen molar-refractivity contribution < 1.29 is 14.0 Å². The van der Waals surface area contributed by atoms with Gasteiger partial charge in [-0.3, -0.25) is 20.4 Å². The SMILES string of the molecule is Cc1c(C(=O)NNC(=O)CN2CCCc3ccccc32)sc2cccc(F)c12. The van der Waals surface area contributed by atoms with Gasteiger partial charge in [-0.2, -0.15) is 0 Å². The van der Waals surface area contributed by atoms with Crippen molar-refractivity contribution in [2.45, 2.75) is 19.8 Å². The lowest BCUT2D eigenvalue weighted by Gasteiger charge is -2.30. The summed E-state index contributed by atoms with van der Waals surface area (Å²) in [6.07, 6.45) is 2.00. The van der Waals surface area contributed by atoms with Crippen LogP contribution >= 0.6 is 11.3 Å². The minimum absolute atomic E-state index is 0.164. The minimum Gasteiger partial charge on any atom is -0.362 e. The summed E-state index contributed by atoms with van der Waals surface area (Å²) in [5.74, 6) is -1.08. The number of halogens is 1. The first-order chi connectivity index (χ1) is 13.5. The highest BCUT2D eigenvalue weighted by Crippen LogP contribution is 2.32. The van der Waals surface area contributed by atoms with Crippen LogP contribution in [0.25, 0.3) is 10.1 Å². The van der Waals surface area contributed by atoms with E-state index in [9.17, 15) is 14.0 Å². The van der Waals surface area contributed by atoms with Crippen molar-refractivity contribution in [3.8, 4) is 0 Å². The first kappa shape index (κ1) is 18.4. The number of nitrogens with one attached hydrogen (secondary N) is 2. The van der Waals surface area contributed by atoms with Crippen LogP contribution in [0.4, 0.5) is 10.1 Å². The molecule has 1 aliphatic heterocycles. The number of amides is 2. The van der Waals surface area contributed by atoms with Gasteiger partial charge in [-0.1, -0.05) is 24.3 Å². The molecule has 0 bridgehead atoms. The van der Waals surface area contributed by atoms with Crippen molar-refractivity contribution >= 4 is 38.9 Å². The molecule has 0 saturated carbocycles. The maximum absolute atomic E-state index is 14.0. The van der Waals surface area contributed by atoms with Gasteiger partial charge in [0, 0.05) is 22.3 Å². The van der Waals surface area contributed by atoms with Crippen LogP contribution in [0.2, 0.25) is 0 Å². The number of para-hydroxylation sites is 1. The molecule has 0 fully saturated rings. The highest BCUT2D eigenvalue weighted by atomic mass is 32.1. The first-order valence-electron chi connectivity index (χ1n) is 9.14. The number of anilines is 1. The zero-order valence-electron chi connectivity index (χ0n) is 15.4. The molecule has 2 aromatic carbocycles. The molecular weight excluding hydrogens is 377 g/mol. The number of carbonyl (C=O) groups is 2. The molecule has 0 aliphatic carbocycles. The second kappa shape index (κ2) is 7.59. The number of hydrogen-bond acceptors (Lipinski definition) is 4. The number of benzene rings is 2. The molecule has 0 atom stereocenters. The van der Waals surface area contributed by atoms with Crippen LogP contribution in [-0.4, -0.2) is 24.9 Å². The van der Waals surface area contributed by atoms with E-state index in [1.54, 1.807) is 19.1 Å². The number of hydrazine groups is 1. The maximum Gasteiger partial charge on any atom is 0.280 e. The Morgan fingerprint density at radius 3 is 2.79 bits per heavy atom. The smallest absolute Gasteiger partial charge is 0.280 e. The van der Waals surface area contributed by atoms with Gasteiger partial charge in [-0.05, 0) is 49.1 Å². The van der Waals surface area contributed by atoms with Gasteiger partial charge in [0.15, 0.2) is 0 Å². The van der Waals surface area contributed by atoms with Crippen molar-refractivity contribution in [1.82, 2.24) is 10.9 Å². The van der Waals surface area contributed by atoms with Crippen LogP contribution in [-0.2, 0) is 11.2 Å². The first-order valence-corrected chi connectivity index (χ1v) is 9.96. The molecule has 144 valence electrons. The standard InChI is InChI=1S/C21H20FN3O2S/c1-13-19-15(22)8-4-10-17(19)28-20(13)21(27)24-23-18(26)12-25-11-5-7-14-6-2-3-9-16(14)25/h2-4,6,8-10H,5,7,11-12H2,1H3,(H,23,26)(H,24,27). The van der Waals surface area contributed by atoms with E-state index in [1.165, 1.54) is 23.0 Å². The number of hydrogen-bond donors (Lipinski definition) is 2. The molecule has 2 heterocycles. The van der Waals surface area contributed by atoms with Gasteiger partial charge in [-0.25, -0.2) is 4.39 Å². The number of fused-ring (bicyclic) bond motifs is 2. The molecule has 5 nitrogen and oxygen atoms in total. The number of aryl methyl sites for hydroxylation is 2. The lowest BCUT2D eigenvalue weighted by atomic mass is 10.0. The summed E-state index contributed by atoms with van der Waals surface area (Å²) in [7, 11) is 0. The van der Waals surface area contributed by atoms with Gasteiger partial charge in [0.25, 0.3) is 11.8 Å². The predicted octanol–water partition coefficient (Wildman–Crippen LogP) is 3.56. The third-order valence-corrected chi connectivity index (χ3v) is 6.22. The fourth-order valence-corrected chi connectivity index (χ4v) is 4.76. The van der Waals surface area contributed by atoms with Gasteiger partial charge in [-0.15, -0.1) is 11.3 Å². The highest BCUT2D eigenvalue weighted by Gasteiger charge is 2.20. The van der Waals surface area contributed by atoms with Crippen molar-refractivity contribution in [2.24, 2.45) is 0 Å². The number of nitrogens with zero attached hydrogens (tertiary/aromatic N) is 1. The Morgan fingerprint density at radius 2 is 1.96 bits per heavy atom. The molecule has 0 spiro atoms. The quantitative estimate of drug-likeness (QED) is 0.665. The van der Waals surface area contributed by atoms with Crippen LogP contribution in [0.1, 0.15) is 27.2 Å². The Bertz CT molecular complexity index is 1060. The molecule has 4 rings (SSSR count). The van der Waals surface area contributed by atoms with E-state index in [0.29, 0.717) is 20.5 Å². The van der Waals surface area contributed by atoms with Gasteiger partial charge >= 0.3 is 0 Å². The molecule has 0 saturated heterocycles. The fourth-order valence-electron chi connectivity index (χ4n) is 3.64. The Hall–Kier alpha value is -2.93. The summed E-state index contributed by atoms with van der Waals surface area (Å²) >= 11 is 1.21. The van der Waals surface area contributed by atoms with E-state index in [2.05, 4.69) is 16.9 Å². The summed E-state index contributed by atoms with van der Waals surface area (Å²) in [5.41, 5.74) is 7.80. The molecular formula is C21H20FN3O2S. The lowest BCUT2D eigenvalue weighted by Crippen LogP contribution is -2.47. The summed E-state index contributed by atoms with van der Waals surface area (Å²) < 4.78 is 14.7. The van der Waals surface area contributed by atoms with Gasteiger partial charge < -0.3 is 4.90 Å². The average molecular weight is 397 g/mol. The molecule has 1 aliphatic rings. The van der Waals surface area contributed by atoms with Crippen molar-refractivity contribution in [3.05, 3.63) is 64.3 Å². The molecule has 28 heavy (non-hydrogen) atoms. The van der Waals surface area contributed by atoms with Gasteiger partial charge in [0.05, 0.1) is 11.4 Å². The molecule has 7 heteroatoms. The van der Waals surface area contributed by atoms with E-state index in [0.717, 1.165) is 25.1 Å². The maximum atomic E-state index is 14.0. The topological polar surface area (TPSA) is 61.4 Å². The largest absolute Gasteiger partial charge is 0.362 e. The third kappa shape index (κ3) is 3.45. The van der Waals surface area contributed by atoms with Gasteiger partial charge in [0.2, 0.25) is 0 Å². The summed E-state index contributed by atoms with van der Waals surface area (Å²) in [6.45, 7) is 2.67. The van der Waals surface area contributed by atoms with Gasteiger partial charge in [0.1, 0.15) is 5.82 Å². The Balaban J connectivity index is 1.41. The van der Waals surface area contributed by atoms with E-state index >= 15 is 0 Å². The van der Waals surface area contributed by atoms with E-state index < -0.39 is 5.91 Å². The average Bonchev–Trinajstić information content (AvgIpc) is 3.04. The van der Waals surface area contributed by atoms with Crippen molar-refractivity contribution in [2.75, 3.05) is 18.0 Å². The van der Waals surface area contributed by atoms with Crippen LogP contribution in [0.5, 0.6) is 0 Å². The van der Waals surface area contributed by atoms with E-state index in [-0.39, 0.29) is 18.3 Å². The Morgan fingerprint density at radius 1 is 1.14 bits per heavy atom. The fraction of sp³-hybridized carbons (Fsp3) is 0.238. The molecule has 2 amide bonds. The molecule has 0 radical (unpaired) electrons. The Kier molecular flexibility index (Phi) is 5.00. The zero-order chi connectivity index (χ0) is 19.7.